The molecule has 0 aromatic carbocycles. The van der Waals surface area contributed by atoms with E-state index < -0.39 is 5.97 Å². The van der Waals surface area contributed by atoms with E-state index in [9.17, 15) is 4.79 Å². The summed E-state index contributed by atoms with van der Waals surface area (Å²) in [6.45, 7) is 3.77. The molecule has 0 spiro atoms. The zero-order chi connectivity index (χ0) is 9.84. The molecule has 1 N–H and O–H groups in total. The topological polar surface area (TPSA) is 46.5 Å². The standard InChI is InChI=1S/C9H16O3S/c1-6-3-4-8(12-6)5-13-7(2)9(10)11/h6-8H,3-5H2,1-2H3,(H,10,11). The maximum absolute atomic E-state index is 10.5. The Hall–Kier alpha value is -0.220. The summed E-state index contributed by atoms with van der Waals surface area (Å²) >= 11 is 1.46. The predicted octanol–water partition coefficient (Wildman–Crippen LogP) is 1.76. The smallest absolute Gasteiger partial charge is 0.316 e. The van der Waals surface area contributed by atoms with Gasteiger partial charge in [-0.05, 0) is 26.7 Å². The largest absolute Gasteiger partial charge is 0.480 e. The van der Waals surface area contributed by atoms with E-state index in [-0.39, 0.29) is 11.4 Å². The molecule has 76 valence electrons. The van der Waals surface area contributed by atoms with Gasteiger partial charge in [-0.25, -0.2) is 0 Å². The molecule has 1 aliphatic heterocycles. The Kier molecular flexibility index (Phi) is 4.06. The summed E-state index contributed by atoms with van der Waals surface area (Å²) in [5.41, 5.74) is 0. The second-order valence-corrected chi connectivity index (χ2v) is 4.83. The quantitative estimate of drug-likeness (QED) is 0.758. The first-order valence-corrected chi connectivity index (χ1v) is 5.64. The van der Waals surface area contributed by atoms with Gasteiger partial charge in [-0.3, -0.25) is 4.79 Å². The van der Waals surface area contributed by atoms with Crippen molar-refractivity contribution >= 4 is 17.7 Å². The molecule has 4 heteroatoms. The van der Waals surface area contributed by atoms with Crippen LogP contribution in [0, 0.1) is 0 Å². The molecular weight excluding hydrogens is 188 g/mol. The van der Waals surface area contributed by atoms with Gasteiger partial charge in [-0.15, -0.1) is 11.8 Å². The summed E-state index contributed by atoms with van der Waals surface area (Å²) in [4.78, 5) is 10.5. The maximum Gasteiger partial charge on any atom is 0.316 e. The van der Waals surface area contributed by atoms with Gasteiger partial charge < -0.3 is 9.84 Å². The number of carboxylic acid groups (broad SMARTS) is 1. The predicted molar refractivity (Wildman–Crippen MR) is 53.1 cm³/mol. The molecule has 0 bridgehead atoms. The molecule has 3 atom stereocenters. The summed E-state index contributed by atoms with van der Waals surface area (Å²) in [5, 5.41) is 8.33. The number of aliphatic carboxylic acids is 1. The molecule has 3 unspecified atom stereocenters. The Labute approximate surface area is 82.8 Å². The molecule has 1 rings (SSSR count). The fraction of sp³-hybridized carbons (Fsp3) is 0.889. The summed E-state index contributed by atoms with van der Waals surface area (Å²) < 4.78 is 5.58. The van der Waals surface area contributed by atoms with E-state index in [0.29, 0.717) is 6.10 Å². The Morgan fingerprint density at radius 1 is 1.69 bits per heavy atom. The van der Waals surface area contributed by atoms with Crippen LogP contribution in [-0.2, 0) is 9.53 Å². The summed E-state index contributed by atoms with van der Waals surface area (Å²) in [5.74, 6) is 0.0636. The van der Waals surface area contributed by atoms with Gasteiger partial charge in [0.1, 0.15) is 0 Å². The van der Waals surface area contributed by atoms with E-state index in [1.165, 1.54) is 11.8 Å². The Morgan fingerprint density at radius 3 is 2.85 bits per heavy atom. The average molecular weight is 204 g/mol. The van der Waals surface area contributed by atoms with E-state index in [0.717, 1.165) is 18.6 Å². The molecule has 13 heavy (non-hydrogen) atoms. The highest BCUT2D eigenvalue weighted by molar-refractivity contribution is 8.00. The van der Waals surface area contributed by atoms with Crippen molar-refractivity contribution < 1.29 is 14.6 Å². The molecule has 1 aliphatic rings. The maximum atomic E-state index is 10.5. The Morgan fingerprint density at radius 2 is 2.38 bits per heavy atom. The summed E-state index contributed by atoms with van der Waals surface area (Å²) in [7, 11) is 0. The molecule has 0 aliphatic carbocycles. The fourth-order valence-corrected chi connectivity index (χ4v) is 2.22. The number of ether oxygens (including phenoxy) is 1. The first-order valence-electron chi connectivity index (χ1n) is 4.59. The number of thioether (sulfide) groups is 1. The number of carbonyl (C=O) groups is 1. The lowest BCUT2D eigenvalue weighted by Crippen LogP contribution is -2.17. The molecular formula is C9H16O3S. The van der Waals surface area contributed by atoms with Crippen LogP contribution in [0.5, 0.6) is 0 Å². The molecule has 3 nitrogen and oxygen atoms in total. The molecule has 0 amide bonds. The van der Waals surface area contributed by atoms with Gasteiger partial charge in [0, 0.05) is 5.75 Å². The van der Waals surface area contributed by atoms with Crippen molar-refractivity contribution in [2.45, 2.75) is 44.1 Å². The van der Waals surface area contributed by atoms with Crippen LogP contribution in [0.1, 0.15) is 26.7 Å². The molecule has 0 radical (unpaired) electrons. The lowest BCUT2D eigenvalue weighted by atomic mass is 10.2. The minimum Gasteiger partial charge on any atom is -0.480 e. The van der Waals surface area contributed by atoms with Crippen molar-refractivity contribution in [1.29, 1.82) is 0 Å². The highest BCUT2D eigenvalue weighted by Gasteiger charge is 2.23. The van der Waals surface area contributed by atoms with Gasteiger partial charge in [-0.1, -0.05) is 0 Å². The fourth-order valence-electron chi connectivity index (χ4n) is 1.33. The van der Waals surface area contributed by atoms with Gasteiger partial charge in [0.05, 0.1) is 17.5 Å². The van der Waals surface area contributed by atoms with Crippen LogP contribution in [0.15, 0.2) is 0 Å². The summed E-state index contributed by atoms with van der Waals surface area (Å²) in [6.07, 6.45) is 2.79. The van der Waals surface area contributed by atoms with Crippen LogP contribution in [0.4, 0.5) is 0 Å². The van der Waals surface area contributed by atoms with Gasteiger partial charge >= 0.3 is 5.97 Å². The molecule has 0 saturated carbocycles. The van der Waals surface area contributed by atoms with Crippen LogP contribution in [-0.4, -0.2) is 34.3 Å². The average Bonchev–Trinajstić information content (AvgIpc) is 2.47. The van der Waals surface area contributed by atoms with Crippen molar-refractivity contribution in [2.75, 3.05) is 5.75 Å². The van der Waals surface area contributed by atoms with E-state index >= 15 is 0 Å². The number of carboxylic acids is 1. The first kappa shape index (κ1) is 10.9. The van der Waals surface area contributed by atoms with Crippen molar-refractivity contribution in [3.05, 3.63) is 0 Å². The van der Waals surface area contributed by atoms with Crippen molar-refractivity contribution in [1.82, 2.24) is 0 Å². The first-order chi connectivity index (χ1) is 6.09. The minimum atomic E-state index is -0.740. The molecule has 1 heterocycles. The van der Waals surface area contributed by atoms with E-state index in [2.05, 4.69) is 6.92 Å². The molecule has 0 aromatic heterocycles. The van der Waals surface area contributed by atoms with Crippen molar-refractivity contribution in [3.8, 4) is 0 Å². The minimum absolute atomic E-state index is 0.266. The SMILES string of the molecule is CC1CCC(CSC(C)C(=O)O)O1. The zero-order valence-corrected chi connectivity index (χ0v) is 8.84. The third-order valence-corrected chi connectivity index (χ3v) is 3.47. The van der Waals surface area contributed by atoms with Crippen molar-refractivity contribution in [2.24, 2.45) is 0 Å². The van der Waals surface area contributed by atoms with Crippen molar-refractivity contribution in [3.63, 3.8) is 0 Å². The number of hydrogen-bond acceptors (Lipinski definition) is 3. The third kappa shape index (κ3) is 3.56. The van der Waals surface area contributed by atoms with Gasteiger partial charge in [0.25, 0.3) is 0 Å². The van der Waals surface area contributed by atoms with E-state index in [1.54, 1.807) is 6.92 Å². The zero-order valence-electron chi connectivity index (χ0n) is 8.03. The number of rotatable bonds is 4. The van der Waals surface area contributed by atoms with E-state index in [4.69, 9.17) is 9.84 Å². The third-order valence-electron chi connectivity index (χ3n) is 2.20. The van der Waals surface area contributed by atoms with Gasteiger partial charge in [0.2, 0.25) is 0 Å². The Balaban J connectivity index is 2.16. The number of hydrogen-bond donors (Lipinski definition) is 1. The monoisotopic (exact) mass is 204 g/mol. The Bertz CT molecular complexity index is 184. The van der Waals surface area contributed by atoms with Crippen LogP contribution in [0.3, 0.4) is 0 Å². The lowest BCUT2D eigenvalue weighted by molar-refractivity contribution is -0.136. The molecule has 0 aromatic rings. The van der Waals surface area contributed by atoms with Crippen LogP contribution >= 0.6 is 11.8 Å². The highest BCUT2D eigenvalue weighted by atomic mass is 32.2. The lowest BCUT2D eigenvalue weighted by Gasteiger charge is -2.12. The molecule has 1 fully saturated rings. The van der Waals surface area contributed by atoms with Crippen LogP contribution < -0.4 is 0 Å². The van der Waals surface area contributed by atoms with Crippen LogP contribution in [0.2, 0.25) is 0 Å². The van der Waals surface area contributed by atoms with E-state index in [1.807, 2.05) is 0 Å². The normalized spacial score (nSPS) is 30.3. The summed E-state index contributed by atoms with van der Waals surface area (Å²) in [6, 6.07) is 0. The highest BCUT2D eigenvalue weighted by Crippen LogP contribution is 2.24. The molecule has 1 saturated heterocycles. The van der Waals surface area contributed by atoms with Gasteiger partial charge in [0.15, 0.2) is 0 Å². The van der Waals surface area contributed by atoms with Gasteiger partial charge in [-0.2, -0.15) is 0 Å². The van der Waals surface area contributed by atoms with Crippen LogP contribution in [0.25, 0.3) is 0 Å². The second-order valence-electron chi connectivity index (χ2n) is 3.46. The second kappa shape index (κ2) is 4.86.